The number of fused-ring (bicyclic) bond motifs is 1. The molecule has 0 aliphatic rings. The van der Waals surface area contributed by atoms with Gasteiger partial charge in [-0.1, -0.05) is 12.1 Å². The van der Waals surface area contributed by atoms with E-state index in [1.165, 1.54) is 0 Å². The maximum absolute atomic E-state index is 9.52. The Morgan fingerprint density at radius 1 is 1.38 bits per heavy atom. The molecular formula is C10H10N2O. The first-order valence-electron chi connectivity index (χ1n) is 4.08. The van der Waals surface area contributed by atoms with E-state index in [4.69, 9.17) is 5.73 Å². The molecule has 0 radical (unpaired) electrons. The molecule has 1 aromatic carbocycles. The molecule has 1 aromatic heterocycles. The fraction of sp³-hybridized carbons (Fsp3) is 0.100. The summed E-state index contributed by atoms with van der Waals surface area (Å²) in [7, 11) is 0. The quantitative estimate of drug-likeness (QED) is 0.687. The lowest BCUT2D eigenvalue weighted by Crippen LogP contribution is -1.98. The molecule has 0 saturated carbocycles. The molecule has 0 amide bonds. The Morgan fingerprint density at radius 3 is 3.00 bits per heavy atom. The highest BCUT2D eigenvalue weighted by Gasteiger charge is 2.00. The zero-order valence-corrected chi connectivity index (χ0v) is 7.07. The third kappa shape index (κ3) is 1.34. The van der Waals surface area contributed by atoms with Crippen LogP contribution in [0.25, 0.3) is 10.8 Å². The van der Waals surface area contributed by atoms with Crippen molar-refractivity contribution in [3.63, 3.8) is 0 Å². The average molecular weight is 174 g/mol. The van der Waals surface area contributed by atoms with Gasteiger partial charge < -0.3 is 10.8 Å². The van der Waals surface area contributed by atoms with Crippen LogP contribution in [0.4, 0.5) is 0 Å². The number of rotatable bonds is 1. The number of pyridine rings is 1. The van der Waals surface area contributed by atoms with Gasteiger partial charge in [-0.05, 0) is 12.1 Å². The van der Waals surface area contributed by atoms with E-state index in [1.54, 1.807) is 18.3 Å². The van der Waals surface area contributed by atoms with Crippen LogP contribution in [-0.4, -0.2) is 10.1 Å². The first kappa shape index (κ1) is 8.01. The molecule has 2 aromatic rings. The van der Waals surface area contributed by atoms with Crippen molar-refractivity contribution < 1.29 is 5.11 Å². The number of benzene rings is 1. The molecule has 0 saturated heterocycles. The van der Waals surface area contributed by atoms with Crippen LogP contribution >= 0.6 is 0 Å². The minimum atomic E-state index is 0.273. The Balaban J connectivity index is 2.74. The minimum Gasteiger partial charge on any atom is -0.507 e. The van der Waals surface area contributed by atoms with Crippen molar-refractivity contribution in [3.05, 3.63) is 36.2 Å². The Labute approximate surface area is 75.8 Å². The van der Waals surface area contributed by atoms with E-state index in [0.717, 1.165) is 16.5 Å². The van der Waals surface area contributed by atoms with Gasteiger partial charge in [0.1, 0.15) is 5.75 Å². The molecule has 0 bridgehead atoms. The van der Waals surface area contributed by atoms with Crippen LogP contribution in [0.3, 0.4) is 0 Å². The molecule has 3 N–H and O–H groups in total. The van der Waals surface area contributed by atoms with Gasteiger partial charge in [0.15, 0.2) is 0 Å². The van der Waals surface area contributed by atoms with Crippen LogP contribution in [0.5, 0.6) is 5.75 Å². The molecule has 0 aliphatic heterocycles. The van der Waals surface area contributed by atoms with E-state index in [1.807, 2.05) is 12.1 Å². The first-order valence-corrected chi connectivity index (χ1v) is 4.08. The summed E-state index contributed by atoms with van der Waals surface area (Å²) in [4.78, 5) is 4.13. The molecule has 13 heavy (non-hydrogen) atoms. The van der Waals surface area contributed by atoms with Crippen molar-refractivity contribution >= 4 is 10.8 Å². The van der Waals surface area contributed by atoms with E-state index < -0.39 is 0 Å². The van der Waals surface area contributed by atoms with Crippen LogP contribution < -0.4 is 5.73 Å². The van der Waals surface area contributed by atoms with Gasteiger partial charge >= 0.3 is 0 Å². The zero-order valence-electron chi connectivity index (χ0n) is 7.07. The van der Waals surface area contributed by atoms with Gasteiger partial charge in [-0.3, -0.25) is 4.98 Å². The summed E-state index contributed by atoms with van der Waals surface area (Å²) in [6.45, 7) is 0.393. The number of phenols is 1. The smallest absolute Gasteiger partial charge is 0.123 e. The number of aromatic hydroxyl groups is 1. The topological polar surface area (TPSA) is 59.1 Å². The summed E-state index contributed by atoms with van der Waals surface area (Å²) in [6, 6.07) is 7.16. The lowest BCUT2D eigenvalue weighted by atomic mass is 10.1. The predicted octanol–water partition coefficient (Wildman–Crippen LogP) is 1.40. The predicted molar refractivity (Wildman–Crippen MR) is 51.3 cm³/mol. The number of phenolic OH excluding ortho intramolecular Hbond substituents is 1. The normalized spacial score (nSPS) is 10.5. The molecular weight excluding hydrogens is 164 g/mol. The molecule has 0 unspecified atom stereocenters. The molecule has 66 valence electrons. The highest BCUT2D eigenvalue weighted by molar-refractivity contribution is 5.87. The van der Waals surface area contributed by atoms with Gasteiger partial charge in [-0.25, -0.2) is 0 Å². The Bertz CT molecular complexity index is 440. The molecule has 2 rings (SSSR count). The standard InChI is InChI=1S/C10H10N2O/c11-5-8-4-9-7(6-12-8)2-1-3-10(9)13/h1-4,6,13H,5,11H2. The van der Waals surface area contributed by atoms with Crippen LogP contribution in [-0.2, 0) is 6.54 Å². The second kappa shape index (κ2) is 3.03. The van der Waals surface area contributed by atoms with Crippen molar-refractivity contribution in [1.29, 1.82) is 0 Å². The Kier molecular flexibility index (Phi) is 1.87. The fourth-order valence-electron chi connectivity index (χ4n) is 1.31. The third-order valence-electron chi connectivity index (χ3n) is 2.01. The van der Waals surface area contributed by atoms with E-state index >= 15 is 0 Å². The number of nitrogens with two attached hydrogens (primary N) is 1. The summed E-state index contributed by atoms with van der Waals surface area (Å²) in [5.74, 6) is 0.273. The second-order valence-corrected chi connectivity index (χ2v) is 2.88. The molecule has 0 atom stereocenters. The maximum atomic E-state index is 9.52. The average Bonchev–Trinajstić information content (AvgIpc) is 2.18. The van der Waals surface area contributed by atoms with Crippen molar-refractivity contribution in [3.8, 4) is 5.75 Å². The third-order valence-corrected chi connectivity index (χ3v) is 2.01. The van der Waals surface area contributed by atoms with Crippen LogP contribution in [0, 0.1) is 0 Å². The van der Waals surface area contributed by atoms with Crippen LogP contribution in [0.15, 0.2) is 30.5 Å². The Morgan fingerprint density at radius 2 is 2.23 bits per heavy atom. The van der Waals surface area contributed by atoms with Crippen LogP contribution in [0.2, 0.25) is 0 Å². The fourth-order valence-corrected chi connectivity index (χ4v) is 1.31. The van der Waals surface area contributed by atoms with Gasteiger partial charge in [-0.15, -0.1) is 0 Å². The summed E-state index contributed by atoms with van der Waals surface area (Å²) in [5.41, 5.74) is 6.23. The van der Waals surface area contributed by atoms with E-state index in [2.05, 4.69) is 4.98 Å². The van der Waals surface area contributed by atoms with E-state index in [-0.39, 0.29) is 5.75 Å². The van der Waals surface area contributed by atoms with Crippen molar-refractivity contribution in [2.45, 2.75) is 6.54 Å². The van der Waals surface area contributed by atoms with Crippen molar-refractivity contribution in [2.75, 3.05) is 0 Å². The zero-order chi connectivity index (χ0) is 9.26. The molecule has 1 heterocycles. The summed E-state index contributed by atoms with van der Waals surface area (Å²) in [5, 5.41) is 11.3. The number of hydrogen-bond acceptors (Lipinski definition) is 3. The molecule has 3 heteroatoms. The van der Waals surface area contributed by atoms with Gasteiger partial charge in [0.25, 0.3) is 0 Å². The number of aromatic nitrogens is 1. The number of hydrogen-bond donors (Lipinski definition) is 2. The van der Waals surface area contributed by atoms with Gasteiger partial charge in [0.2, 0.25) is 0 Å². The lowest BCUT2D eigenvalue weighted by Gasteiger charge is -2.01. The molecule has 0 spiro atoms. The maximum Gasteiger partial charge on any atom is 0.123 e. The minimum absolute atomic E-state index is 0.273. The number of nitrogens with zero attached hydrogens (tertiary/aromatic N) is 1. The first-order chi connectivity index (χ1) is 6.31. The summed E-state index contributed by atoms with van der Waals surface area (Å²) >= 11 is 0. The van der Waals surface area contributed by atoms with Crippen molar-refractivity contribution in [1.82, 2.24) is 4.98 Å². The van der Waals surface area contributed by atoms with Crippen LogP contribution in [0.1, 0.15) is 5.69 Å². The highest BCUT2D eigenvalue weighted by Crippen LogP contribution is 2.23. The monoisotopic (exact) mass is 174 g/mol. The van der Waals surface area contributed by atoms with Gasteiger partial charge in [-0.2, -0.15) is 0 Å². The molecule has 0 fully saturated rings. The van der Waals surface area contributed by atoms with E-state index in [0.29, 0.717) is 6.54 Å². The highest BCUT2D eigenvalue weighted by atomic mass is 16.3. The second-order valence-electron chi connectivity index (χ2n) is 2.88. The summed E-state index contributed by atoms with van der Waals surface area (Å²) < 4.78 is 0. The van der Waals surface area contributed by atoms with E-state index in [9.17, 15) is 5.11 Å². The Hall–Kier alpha value is -1.61. The van der Waals surface area contributed by atoms with Gasteiger partial charge in [0.05, 0.1) is 5.69 Å². The SMILES string of the molecule is NCc1cc2c(O)cccc2cn1. The summed E-state index contributed by atoms with van der Waals surface area (Å²) in [6.07, 6.45) is 1.72. The largest absolute Gasteiger partial charge is 0.507 e. The van der Waals surface area contributed by atoms with Gasteiger partial charge in [0, 0.05) is 23.5 Å². The van der Waals surface area contributed by atoms with Crippen molar-refractivity contribution in [2.24, 2.45) is 5.73 Å². The molecule has 0 aliphatic carbocycles. The molecule has 3 nitrogen and oxygen atoms in total. The lowest BCUT2D eigenvalue weighted by molar-refractivity contribution is 0.481.